The number of nitrogens with one attached hydrogen (secondary N) is 1. The van der Waals surface area contributed by atoms with Gasteiger partial charge in [0.05, 0.1) is 5.92 Å². The molecule has 0 aromatic carbocycles. The van der Waals surface area contributed by atoms with E-state index < -0.39 is 11.9 Å². The van der Waals surface area contributed by atoms with E-state index in [0.29, 0.717) is 31.8 Å². The second kappa shape index (κ2) is 9.07. The SMILES string of the molecule is CC1CC(C(=O)O)CN(C(=O)C2CCC(NC(=O)CC3CCCC3)CC2)C1. The molecular weight excluding hydrogens is 344 g/mol. The van der Waals surface area contributed by atoms with Gasteiger partial charge >= 0.3 is 5.97 Å². The number of carboxylic acid groups (broad SMARTS) is 1. The van der Waals surface area contributed by atoms with Crippen LogP contribution in [0.4, 0.5) is 0 Å². The van der Waals surface area contributed by atoms with Gasteiger partial charge in [0.2, 0.25) is 11.8 Å². The van der Waals surface area contributed by atoms with Crippen molar-refractivity contribution < 1.29 is 19.5 Å². The minimum atomic E-state index is -0.798. The highest BCUT2D eigenvalue weighted by atomic mass is 16.4. The summed E-state index contributed by atoms with van der Waals surface area (Å²) in [6.07, 6.45) is 9.44. The van der Waals surface area contributed by atoms with Gasteiger partial charge in [-0.25, -0.2) is 0 Å². The first-order chi connectivity index (χ1) is 12.9. The Morgan fingerprint density at radius 3 is 2.26 bits per heavy atom. The van der Waals surface area contributed by atoms with Gasteiger partial charge in [-0.3, -0.25) is 14.4 Å². The lowest BCUT2D eigenvalue weighted by atomic mass is 9.83. The van der Waals surface area contributed by atoms with Crippen LogP contribution in [0.3, 0.4) is 0 Å². The summed E-state index contributed by atoms with van der Waals surface area (Å²) in [6.45, 7) is 3.03. The summed E-state index contributed by atoms with van der Waals surface area (Å²) in [7, 11) is 0. The van der Waals surface area contributed by atoms with E-state index in [1.165, 1.54) is 25.7 Å². The molecule has 3 aliphatic rings. The van der Waals surface area contributed by atoms with Crippen LogP contribution in [0, 0.1) is 23.7 Å². The lowest BCUT2D eigenvalue weighted by Crippen LogP contribution is -2.49. The second-order valence-electron chi connectivity index (χ2n) is 9.09. The molecule has 0 aromatic heterocycles. The van der Waals surface area contributed by atoms with E-state index in [-0.39, 0.29) is 29.7 Å². The molecular formula is C21H34N2O4. The predicted octanol–water partition coefficient (Wildman–Crippen LogP) is 2.81. The number of carbonyl (C=O) groups is 3. The minimum Gasteiger partial charge on any atom is -0.481 e. The number of piperidine rings is 1. The smallest absolute Gasteiger partial charge is 0.308 e. The number of likely N-dealkylation sites (tertiary alicyclic amines) is 1. The highest BCUT2D eigenvalue weighted by molar-refractivity contribution is 5.80. The van der Waals surface area contributed by atoms with E-state index in [4.69, 9.17) is 0 Å². The van der Waals surface area contributed by atoms with Crippen LogP contribution < -0.4 is 5.32 Å². The Bertz CT molecular complexity index is 550. The summed E-state index contributed by atoms with van der Waals surface area (Å²) >= 11 is 0. The van der Waals surface area contributed by atoms with Crippen LogP contribution in [0.2, 0.25) is 0 Å². The van der Waals surface area contributed by atoms with Crippen LogP contribution in [0.5, 0.6) is 0 Å². The van der Waals surface area contributed by atoms with E-state index >= 15 is 0 Å². The number of hydrogen-bond donors (Lipinski definition) is 2. The lowest BCUT2D eigenvalue weighted by Gasteiger charge is -2.38. The Labute approximate surface area is 162 Å². The molecule has 6 nitrogen and oxygen atoms in total. The fourth-order valence-corrected chi connectivity index (χ4v) is 5.22. The number of aliphatic carboxylic acids is 1. The van der Waals surface area contributed by atoms with Gasteiger partial charge in [-0.1, -0.05) is 19.8 Å². The maximum Gasteiger partial charge on any atom is 0.308 e. The van der Waals surface area contributed by atoms with Crippen molar-refractivity contribution in [3.63, 3.8) is 0 Å². The van der Waals surface area contributed by atoms with Crippen molar-refractivity contribution in [3.05, 3.63) is 0 Å². The monoisotopic (exact) mass is 378 g/mol. The third-order valence-corrected chi connectivity index (χ3v) is 6.71. The molecule has 2 saturated carbocycles. The number of carbonyl (C=O) groups excluding carboxylic acids is 2. The van der Waals surface area contributed by atoms with Gasteiger partial charge in [0.1, 0.15) is 0 Å². The molecule has 1 heterocycles. The Morgan fingerprint density at radius 1 is 0.963 bits per heavy atom. The summed E-state index contributed by atoms with van der Waals surface area (Å²) in [5, 5.41) is 12.5. The summed E-state index contributed by atoms with van der Waals surface area (Å²) in [5.41, 5.74) is 0. The van der Waals surface area contributed by atoms with Crippen LogP contribution in [-0.2, 0) is 14.4 Å². The lowest BCUT2D eigenvalue weighted by molar-refractivity contribution is -0.148. The Hall–Kier alpha value is -1.59. The van der Waals surface area contributed by atoms with E-state index in [9.17, 15) is 19.5 Å². The highest BCUT2D eigenvalue weighted by Gasteiger charge is 2.36. The molecule has 6 heteroatoms. The quantitative estimate of drug-likeness (QED) is 0.770. The van der Waals surface area contributed by atoms with Gasteiger partial charge < -0.3 is 15.3 Å². The number of nitrogens with zero attached hydrogens (tertiary/aromatic N) is 1. The number of hydrogen-bond acceptors (Lipinski definition) is 3. The van der Waals surface area contributed by atoms with Crippen LogP contribution in [0.15, 0.2) is 0 Å². The summed E-state index contributed by atoms with van der Waals surface area (Å²) < 4.78 is 0. The topological polar surface area (TPSA) is 86.7 Å². The molecule has 3 rings (SSSR count). The highest BCUT2D eigenvalue weighted by Crippen LogP contribution is 2.30. The first-order valence-electron chi connectivity index (χ1n) is 10.7. The van der Waals surface area contributed by atoms with Gasteiger partial charge in [0.25, 0.3) is 0 Å². The number of amides is 2. The van der Waals surface area contributed by atoms with Gasteiger partial charge in [-0.15, -0.1) is 0 Å². The molecule has 3 fully saturated rings. The van der Waals surface area contributed by atoms with E-state index in [1.807, 2.05) is 6.92 Å². The van der Waals surface area contributed by atoms with Crippen molar-refractivity contribution in [1.82, 2.24) is 10.2 Å². The Balaban J connectivity index is 1.43. The third kappa shape index (κ3) is 5.45. The summed E-state index contributed by atoms with van der Waals surface area (Å²) in [4.78, 5) is 38.2. The van der Waals surface area contributed by atoms with Crippen LogP contribution >= 0.6 is 0 Å². The van der Waals surface area contributed by atoms with Crippen molar-refractivity contribution in [2.75, 3.05) is 13.1 Å². The van der Waals surface area contributed by atoms with Gasteiger partial charge in [0, 0.05) is 31.5 Å². The standard InChI is InChI=1S/C21H34N2O4/c1-14-10-17(21(26)27)13-23(12-14)20(25)16-6-8-18(9-7-16)22-19(24)11-15-4-2-3-5-15/h14-18H,2-13H2,1H3,(H,22,24)(H,26,27). The Kier molecular flexibility index (Phi) is 6.77. The molecule has 2 atom stereocenters. The van der Waals surface area contributed by atoms with Crippen molar-refractivity contribution >= 4 is 17.8 Å². The number of carboxylic acids is 1. The fraction of sp³-hybridized carbons (Fsp3) is 0.857. The minimum absolute atomic E-state index is 0.0206. The van der Waals surface area contributed by atoms with Crippen LogP contribution in [0.1, 0.15) is 71.1 Å². The van der Waals surface area contributed by atoms with Crippen LogP contribution in [0.25, 0.3) is 0 Å². The van der Waals surface area contributed by atoms with E-state index in [2.05, 4.69) is 5.32 Å². The first kappa shape index (κ1) is 20.2. The molecule has 152 valence electrons. The van der Waals surface area contributed by atoms with Crippen molar-refractivity contribution in [2.45, 2.75) is 77.2 Å². The number of rotatable bonds is 5. The fourth-order valence-electron chi connectivity index (χ4n) is 5.22. The van der Waals surface area contributed by atoms with E-state index in [0.717, 1.165) is 25.7 Å². The third-order valence-electron chi connectivity index (χ3n) is 6.71. The normalized spacial score (nSPS) is 32.3. The molecule has 0 radical (unpaired) electrons. The molecule has 2 aliphatic carbocycles. The Morgan fingerprint density at radius 2 is 1.63 bits per heavy atom. The first-order valence-corrected chi connectivity index (χ1v) is 10.7. The molecule has 2 N–H and O–H groups in total. The molecule has 1 aliphatic heterocycles. The predicted molar refractivity (Wildman–Crippen MR) is 102 cm³/mol. The van der Waals surface area contributed by atoms with E-state index in [1.54, 1.807) is 4.90 Å². The molecule has 0 bridgehead atoms. The molecule has 0 spiro atoms. The van der Waals surface area contributed by atoms with Crippen molar-refractivity contribution in [3.8, 4) is 0 Å². The average Bonchev–Trinajstić information content (AvgIpc) is 3.14. The average molecular weight is 379 g/mol. The molecule has 2 amide bonds. The molecule has 0 aromatic rings. The summed E-state index contributed by atoms with van der Waals surface area (Å²) in [5.74, 6) is -0.180. The zero-order valence-electron chi connectivity index (χ0n) is 16.5. The molecule has 2 unspecified atom stereocenters. The summed E-state index contributed by atoms with van der Waals surface area (Å²) in [6, 6.07) is 0.190. The van der Waals surface area contributed by atoms with Crippen molar-refractivity contribution in [2.24, 2.45) is 23.7 Å². The second-order valence-corrected chi connectivity index (χ2v) is 9.09. The zero-order valence-corrected chi connectivity index (χ0v) is 16.5. The zero-order chi connectivity index (χ0) is 19.4. The van der Waals surface area contributed by atoms with Gasteiger partial charge in [-0.05, 0) is 56.8 Å². The maximum absolute atomic E-state index is 12.9. The van der Waals surface area contributed by atoms with Crippen molar-refractivity contribution in [1.29, 1.82) is 0 Å². The largest absolute Gasteiger partial charge is 0.481 e. The molecule has 27 heavy (non-hydrogen) atoms. The van der Waals surface area contributed by atoms with Gasteiger partial charge in [0.15, 0.2) is 0 Å². The van der Waals surface area contributed by atoms with Gasteiger partial charge in [-0.2, -0.15) is 0 Å². The molecule has 1 saturated heterocycles. The van der Waals surface area contributed by atoms with Crippen LogP contribution in [-0.4, -0.2) is 46.9 Å². The maximum atomic E-state index is 12.9.